The van der Waals surface area contributed by atoms with Gasteiger partial charge in [0, 0.05) is 16.0 Å². The van der Waals surface area contributed by atoms with Gasteiger partial charge in [0.1, 0.15) is 0 Å². The minimum absolute atomic E-state index is 0.123. The van der Waals surface area contributed by atoms with Crippen LogP contribution in [-0.4, -0.2) is 29.0 Å². The van der Waals surface area contributed by atoms with Gasteiger partial charge in [-0.2, -0.15) is 0 Å². The first kappa shape index (κ1) is 13.9. The van der Waals surface area contributed by atoms with Gasteiger partial charge in [-0.3, -0.25) is 0 Å². The lowest BCUT2D eigenvalue weighted by Gasteiger charge is -2.26. The molecule has 0 bridgehead atoms. The Balaban J connectivity index is 2.70. The zero-order valence-corrected chi connectivity index (χ0v) is 11.3. The minimum atomic E-state index is -0.679. The number of aliphatic hydroxyl groups excluding tert-OH is 2. The Hall–Kier alpha value is -0.130. The fourth-order valence-electron chi connectivity index (χ4n) is 1.15. The fraction of sp³-hybridized carbons (Fsp3) is 0.455. The third-order valence-corrected chi connectivity index (χ3v) is 3.42. The summed E-state index contributed by atoms with van der Waals surface area (Å²) in [6.07, 6.45) is 0. The van der Waals surface area contributed by atoms with Crippen LogP contribution in [0.3, 0.4) is 0 Å². The molecule has 0 aliphatic heterocycles. The lowest BCUT2D eigenvalue weighted by molar-refractivity contribution is 0.103. The number of benzene rings is 1. The SMILES string of the molecule is CC(CO)(CO)NCc1cc(Cl)ccc1Br. The summed E-state index contributed by atoms with van der Waals surface area (Å²) in [5.41, 5.74) is 0.308. The van der Waals surface area contributed by atoms with Gasteiger partial charge < -0.3 is 15.5 Å². The van der Waals surface area contributed by atoms with E-state index in [-0.39, 0.29) is 13.2 Å². The van der Waals surface area contributed by atoms with Crippen molar-refractivity contribution in [3.8, 4) is 0 Å². The molecule has 1 aromatic rings. The Bertz CT molecular complexity index is 356. The van der Waals surface area contributed by atoms with E-state index in [0.29, 0.717) is 11.6 Å². The van der Waals surface area contributed by atoms with Crippen LogP contribution in [0.25, 0.3) is 0 Å². The molecule has 0 radical (unpaired) electrons. The highest BCUT2D eigenvalue weighted by Crippen LogP contribution is 2.21. The topological polar surface area (TPSA) is 52.5 Å². The summed E-state index contributed by atoms with van der Waals surface area (Å²) in [6, 6.07) is 5.51. The molecule has 0 aliphatic rings. The molecular formula is C11H15BrClNO2. The molecule has 0 saturated carbocycles. The Morgan fingerprint density at radius 2 is 2.00 bits per heavy atom. The Morgan fingerprint density at radius 1 is 1.38 bits per heavy atom. The summed E-state index contributed by atoms with van der Waals surface area (Å²) in [5, 5.41) is 22.0. The molecule has 0 saturated heterocycles. The molecule has 90 valence electrons. The number of rotatable bonds is 5. The molecule has 5 heteroatoms. The van der Waals surface area contributed by atoms with Gasteiger partial charge in [0.05, 0.1) is 18.8 Å². The lowest BCUT2D eigenvalue weighted by atomic mass is 10.0. The summed E-state index contributed by atoms with van der Waals surface area (Å²) < 4.78 is 0.947. The van der Waals surface area contributed by atoms with Crippen molar-refractivity contribution in [1.82, 2.24) is 5.32 Å². The largest absolute Gasteiger partial charge is 0.394 e. The van der Waals surface area contributed by atoms with E-state index in [4.69, 9.17) is 21.8 Å². The Kier molecular flexibility index (Phi) is 5.21. The molecule has 0 amide bonds. The molecule has 3 N–H and O–H groups in total. The molecule has 0 aromatic heterocycles. The average molecular weight is 309 g/mol. The van der Waals surface area contributed by atoms with Gasteiger partial charge in [0.25, 0.3) is 0 Å². The van der Waals surface area contributed by atoms with Gasteiger partial charge in [0.15, 0.2) is 0 Å². The van der Waals surface area contributed by atoms with Crippen LogP contribution < -0.4 is 5.32 Å². The molecule has 0 unspecified atom stereocenters. The summed E-state index contributed by atoms with van der Waals surface area (Å²) in [6.45, 7) is 2.04. The summed E-state index contributed by atoms with van der Waals surface area (Å²) in [5.74, 6) is 0. The maximum absolute atomic E-state index is 9.13. The van der Waals surface area contributed by atoms with Crippen molar-refractivity contribution in [2.45, 2.75) is 19.0 Å². The van der Waals surface area contributed by atoms with Crippen LogP contribution >= 0.6 is 27.5 Å². The second kappa shape index (κ2) is 5.98. The van der Waals surface area contributed by atoms with E-state index >= 15 is 0 Å². The van der Waals surface area contributed by atoms with Crippen molar-refractivity contribution in [2.75, 3.05) is 13.2 Å². The van der Waals surface area contributed by atoms with E-state index in [0.717, 1.165) is 10.0 Å². The number of hydrogen-bond donors (Lipinski definition) is 3. The zero-order chi connectivity index (χ0) is 12.2. The predicted octanol–water partition coefficient (Wildman–Crippen LogP) is 1.94. The van der Waals surface area contributed by atoms with Crippen molar-refractivity contribution >= 4 is 27.5 Å². The number of halogens is 2. The van der Waals surface area contributed by atoms with E-state index in [9.17, 15) is 0 Å². The highest BCUT2D eigenvalue weighted by Gasteiger charge is 2.21. The predicted molar refractivity (Wildman–Crippen MR) is 68.6 cm³/mol. The standard InChI is InChI=1S/C11H15BrClNO2/c1-11(6-15,7-16)14-5-8-4-9(13)2-3-10(8)12/h2-4,14-16H,5-7H2,1H3. The van der Waals surface area contributed by atoms with Crippen LogP contribution in [0.4, 0.5) is 0 Å². The fourth-order valence-corrected chi connectivity index (χ4v) is 1.73. The van der Waals surface area contributed by atoms with Crippen LogP contribution in [-0.2, 0) is 6.54 Å². The van der Waals surface area contributed by atoms with Gasteiger partial charge >= 0.3 is 0 Å². The van der Waals surface area contributed by atoms with E-state index in [1.54, 1.807) is 13.0 Å². The Morgan fingerprint density at radius 3 is 2.56 bits per heavy atom. The van der Waals surface area contributed by atoms with Crippen molar-refractivity contribution in [2.24, 2.45) is 0 Å². The highest BCUT2D eigenvalue weighted by molar-refractivity contribution is 9.10. The van der Waals surface area contributed by atoms with Crippen molar-refractivity contribution in [3.63, 3.8) is 0 Å². The summed E-state index contributed by atoms with van der Waals surface area (Å²) >= 11 is 9.31. The molecule has 0 heterocycles. The zero-order valence-electron chi connectivity index (χ0n) is 9.00. The van der Waals surface area contributed by atoms with Gasteiger partial charge in [-0.25, -0.2) is 0 Å². The van der Waals surface area contributed by atoms with Crippen LogP contribution in [0.1, 0.15) is 12.5 Å². The van der Waals surface area contributed by atoms with Crippen molar-refractivity contribution in [3.05, 3.63) is 33.3 Å². The molecule has 0 spiro atoms. The second-order valence-electron chi connectivity index (χ2n) is 3.97. The van der Waals surface area contributed by atoms with Crippen molar-refractivity contribution in [1.29, 1.82) is 0 Å². The van der Waals surface area contributed by atoms with Crippen LogP contribution in [0, 0.1) is 0 Å². The number of aliphatic hydroxyl groups is 2. The van der Waals surface area contributed by atoms with E-state index < -0.39 is 5.54 Å². The normalized spacial score (nSPS) is 11.8. The van der Waals surface area contributed by atoms with E-state index in [2.05, 4.69) is 21.2 Å². The monoisotopic (exact) mass is 307 g/mol. The first-order valence-electron chi connectivity index (χ1n) is 4.91. The molecule has 0 aliphatic carbocycles. The average Bonchev–Trinajstić information content (AvgIpc) is 2.30. The van der Waals surface area contributed by atoms with Gasteiger partial charge in [0.2, 0.25) is 0 Å². The molecule has 1 aromatic carbocycles. The van der Waals surface area contributed by atoms with Crippen molar-refractivity contribution < 1.29 is 10.2 Å². The Labute approximate surface area is 109 Å². The van der Waals surface area contributed by atoms with E-state index in [1.165, 1.54) is 0 Å². The van der Waals surface area contributed by atoms with Gasteiger partial charge in [-0.05, 0) is 30.7 Å². The second-order valence-corrected chi connectivity index (χ2v) is 5.26. The molecule has 0 fully saturated rings. The first-order valence-corrected chi connectivity index (χ1v) is 6.08. The van der Waals surface area contributed by atoms with Crippen LogP contribution in [0.15, 0.2) is 22.7 Å². The van der Waals surface area contributed by atoms with Gasteiger partial charge in [-0.15, -0.1) is 0 Å². The van der Waals surface area contributed by atoms with Crippen LogP contribution in [0.5, 0.6) is 0 Å². The van der Waals surface area contributed by atoms with Crippen LogP contribution in [0.2, 0.25) is 5.02 Å². The quantitative estimate of drug-likeness (QED) is 0.779. The third kappa shape index (κ3) is 3.71. The minimum Gasteiger partial charge on any atom is -0.394 e. The third-order valence-electron chi connectivity index (χ3n) is 2.41. The summed E-state index contributed by atoms with van der Waals surface area (Å²) in [7, 11) is 0. The van der Waals surface area contributed by atoms with E-state index in [1.807, 2.05) is 12.1 Å². The smallest absolute Gasteiger partial charge is 0.0633 e. The number of nitrogens with one attached hydrogen (secondary N) is 1. The highest BCUT2D eigenvalue weighted by atomic mass is 79.9. The molecule has 3 nitrogen and oxygen atoms in total. The number of hydrogen-bond acceptors (Lipinski definition) is 3. The molecular weight excluding hydrogens is 293 g/mol. The molecule has 0 atom stereocenters. The van der Waals surface area contributed by atoms with Gasteiger partial charge in [-0.1, -0.05) is 27.5 Å². The lowest BCUT2D eigenvalue weighted by Crippen LogP contribution is -2.48. The molecule has 16 heavy (non-hydrogen) atoms. The molecule has 1 rings (SSSR count). The maximum Gasteiger partial charge on any atom is 0.0633 e. The first-order chi connectivity index (χ1) is 7.50. The summed E-state index contributed by atoms with van der Waals surface area (Å²) in [4.78, 5) is 0. The maximum atomic E-state index is 9.13.